The Labute approximate surface area is 137 Å². The molecule has 4 aliphatic carbocycles. The largest absolute Gasteiger partial charge is 0.390 e. The van der Waals surface area contributed by atoms with Gasteiger partial charge in [0.15, 0.2) is 5.78 Å². The van der Waals surface area contributed by atoms with Crippen LogP contribution >= 0.6 is 0 Å². The number of aliphatic hydroxyl groups excluding tert-OH is 2. The van der Waals surface area contributed by atoms with Crippen molar-refractivity contribution in [3.8, 4) is 0 Å². The molecule has 4 rings (SSSR count). The maximum Gasteiger partial charge on any atom is 0.155 e. The molecule has 0 amide bonds. The number of aliphatic hydroxyl groups is 2. The Hall–Kier alpha value is -1.00. The van der Waals surface area contributed by atoms with Crippen molar-refractivity contribution in [1.82, 2.24) is 0 Å². The molecule has 0 aromatic rings. The van der Waals surface area contributed by atoms with Gasteiger partial charge in [-0.2, -0.15) is 0 Å². The van der Waals surface area contributed by atoms with E-state index in [1.54, 1.807) is 6.08 Å². The van der Waals surface area contributed by atoms with Gasteiger partial charge < -0.3 is 15.0 Å². The second-order valence-electron chi connectivity index (χ2n) is 8.50. The third-order valence-electron chi connectivity index (χ3n) is 7.75. The molecule has 0 aromatic heterocycles. The molecule has 7 atom stereocenters. The van der Waals surface area contributed by atoms with E-state index in [-0.39, 0.29) is 23.0 Å². The third-order valence-corrected chi connectivity index (χ3v) is 7.75. The normalized spacial score (nSPS) is 52.2. The van der Waals surface area contributed by atoms with E-state index in [1.165, 1.54) is 0 Å². The van der Waals surface area contributed by atoms with Crippen LogP contribution in [0.4, 0.5) is 0 Å². The van der Waals surface area contributed by atoms with Crippen LogP contribution in [-0.2, 0) is 9.59 Å². The van der Waals surface area contributed by atoms with E-state index in [0.29, 0.717) is 25.2 Å². The summed E-state index contributed by atoms with van der Waals surface area (Å²) in [7, 11) is 0. The van der Waals surface area contributed by atoms with Gasteiger partial charge in [-0.1, -0.05) is 12.5 Å². The average Bonchev–Trinajstić information content (AvgIpc) is 2.78. The van der Waals surface area contributed by atoms with Crippen molar-refractivity contribution >= 4 is 12.1 Å². The van der Waals surface area contributed by atoms with Crippen molar-refractivity contribution in [3.63, 3.8) is 0 Å². The zero-order valence-electron chi connectivity index (χ0n) is 13.7. The number of carbonyl (C=O) groups excluding carboxylic acids is 2. The SMILES string of the molecule is C[C@]12CC[C@H]3[C@@H](CCC4=CC(=O)CC[C@@]43C=O)[C@@H]1C[C@@H](O)[C@@H]2O. The average molecular weight is 318 g/mol. The van der Waals surface area contributed by atoms with Crippen molar-refractivity contribution in [2.75, 3.05) is 0 Å². The smallest absolute Gasteiger partial charge is 0.155 e. The van der Waals surface area contributed by atoms with Crippen molar-refractivity contribution in [3.05, 3.63) is 11.6 Å². The molecular formula is C19H26O4. The molecule has 23 heavy (non-hydrogen) atoms. The summed E-state index contributed by atoms with van der Waals surface area (Å²) in [5.74, 6) is 1.07. The minimum absolute atomic E-state index is 0.156. The summed E-state index contributed by atoms with van der Waals surface area (Å²) in [6.07, 6.45) is 6.88. The lowest BCUT2D eigenvalue weighted by molar-refractivity contribution is -0.130. The quantitative estimate of drug-likeness (QED) is 0.726. The number of fused-ring (bicyclic) bond motifs is 5. The summed E-state index contributed by atoms with van der Waals surface area (Å²) in [6.45, 7) is 2.11. The summed E-state index contributed by atoms with van der Waals surface area (Å²) in [4.78, 5) is 23.9. The lowest BCUT2D eigenvalue weighted by atomic mass is 9.47. The summed E-state index contributed by atoms with van der Waals surface area (Å²) < 4.78 is 0. The van der Waals surface area contributed by atoms with E-state index >= 15 is 0 Å². The van der Waals surface area contributed by atoms with E-state index < -0.39 is 17.6 Å². The first-order chi connectivity index (χ1) is 10.9. The third kappa shape index (κ3) is 1.91. The van der Waals surface area contributed by atoms with Crippen LogP contribution in [0, 0.1) is 28.6 Å². The standard InChI is InChI=1S/C19H26O4/c1-18-6-5-14-13(15(18)9-16(22)17(18)23)3-2-11-8-12(21)4-7-19(11,14)10-20/h8,10,13-17,22-23H,2-7,9H2,1H3/t13-,14+,15+,16-,17+,18+,19-/m1/s1. The summed E-state index contributed by atoms with van der Waals surface area (Å²) in [5, 5.41) is 20.7. The highest BCUT2D eigenvalue weighted by Gasteiger charge is 2.62. The lowest BCUT2D eigenvalue weighted by Crippen LogP contribution is -2.53. The maximum absolute atomic E-state index is 12.1. The molecule has 3 fully saturated rings. The fraction of sp³-hybridized carbons (Fsp3) is 0.789. The number of ketones is 1. The number of rotatable bonds is 1. The van der Waals surface area contributed by atoms with Gasteiger partial charge in [-0.25, -0.2) is 0 Å². The van der Waals surface area contributed by atoms with Crippen LogP contribution in [0.5, 0.6) is 0 Å². The minimum Gasteiger partial charge on any atom is -0.390 e. The molecule has 2 N–H and O–H groups in total. The van der Waals surface area contributed by atoms with Crippen LogP contribution in [0.25, 0.3) is 0 Å². The highest BCUT2D eigenvalue weighted by molar-refractivity contribution is 5.93. The molecule has 4 heteroatoms. The monoisotopic (exact) mass is 318 g/mol. The number of allylic oxidation sites excluding steroid dienone is 1. The molecule has 3 saturated carbocycles. The zero-order chi connectivity index (χ0) is 16.4. The lowest BCUT2D eigenvalue weighted by Gasteiger charge is -2.56. The molecule has 0 saturated heterocycles. The van der Waals surface area contributed by atoms with Gasteiger partial charge in [0.05, 0.1) is 17.6 Å². The molecule has 4 aliphatic rings. The Morgan fingerprint density at radius 1 is 1.17 bits per heavy atom. The zero-order valence-corrected chi connectivity index (χ0v) is 13.7. The molecular weight excluding hydrogens is 292 g/mol. The molecule has 0 aliphatic heterocycles. The van der Waals surface area contributed by atoms with Crippen molar-refractivity contribution in [2.45, 2.75) is 64.1 Å². The number of hydrogen-bond acceptors (Lipinski definition) is 4. The Morgan fingerprint density at radius 2 is 1.96 bits per heavy atom. The van der Waals surface area contributed by atoms with E-state index in [0.717, 1.165) is 37.5 Å². The van der Waals surface area contributed by atoms with Crippen LogP contribution in [-0.4, -0.2) is 34.5 Å². The number of hydrogen-bond donors (Lipinski definition) is 2. The van der Waals surface area contributed by atoms with Gasteiger partial charge in [-0.3, -0.25) is 4.79 Å². The molecule has 0 radical (unpaired) electrons. The highest BCUT2D eigenvalue weighted by atomic mass is 16.3. The summed E-state index contributed by atoms with van der Waals surface area (Å²) >= 11 is 0. The van der Waals surface area contributed by atoms with Gasteiger partial charge in [-0.05, 0) is 67.8 Å². The molecule has 126 valence electrons. The molecule has 0 spiro atoms. The minimum atomic E-state index is -0.648. The first-order valence-electron chi connectivity index (χ1n) is 8.99. The van der Waals surface area contributed by atoms with Gasteiger partial charge >= 0.3 is 0 Å². The Morgan fingerprint density at radius 3 is 2.70 bits per heavy atom. The topological polar surface area (TPSA) is 74.6 Å². The van der Waals surface area contributed by atoms with Crippen LogP contribution in [0.2, 0.25) is 0 Å². The molecule has 4 nitrogen and oxygen atoms in total. The van der Waals surface area contributed by atoms with Crippen LogP contribution in [0.1, 0.15) is 51.9 Å². The molecule has 0 bridgehead atoms. The van der Waals surface area contributed by atoms with Gasteiger partial charge in [0.1, 0.15) is 6.29 Å². The summed E-state index contributed by atoms with van der Waals surface area (Å²) in [6, 6.07) is 0. The van der Waals surface area contributed by atoms with Crippen LogP contribution < -0.4 is 0 Å². The predicted molar refractivity (Wildman–Crippen MR) is 84.5 cm³/mol. The van der Waals surface area contributed by atoms with Gasteiger partial charge in [0, 0.05) is 6.42 Å². The van der Waals surface area contributed by atoms with Crippen molar-refractivity contribution in [1.29, 1.82) is 0 Å². The van der Waals surface area contributed by atoms with E-state index in [1.807, 2.05) is 0 Å². The van der Waals surface area contributed by atoms with Gasteiger partial charge in [0.25, 0.3) is 0 Å². The number of aldehydes is 1. The Bertz CT molecular complexity index is 582. The molecule has 0 unspecified atom stereocenters. The fourth-order valence-corrected chi connectivity index (χ4v) is 6.48. The molecule has 0 aromatic carbocycles. The second-order valence-corrected chi connectivity index (χ2v) is 8.50. The first-order valence-corrected chi connectivity index (χ1v) is 8.99. The Balaban J connectivity index is 1.73. The summed E-state index contributed by atoms with van der Waals surface area (Å²) in [5.41, 5.74) is 0.361. The highest BCUT2D eigenvalue weighted by Crippen LogP contribution is 2.64. The van der Waals surface area contributed by atoms with E-state index in [9.17, 15) is 19.8 Å². The number of carbonyl (C=O) groups is 2. The second kappa shape index (κ2) is 5.00. The van der Waals surface area contributed by atoms with E-state index in [2.05, 4.69) is 6.92 Å². The van der Waals surface area contributed by atoms with E-state index in [4.69, 9.17) is 0 Å². The van der Waals surface area contributed by atoms with Crippen LogP contribution in [0.3, 0.4) is 0 Å². The van der Waals surface area contributed by atoms with Crippen LogP contribution in [0.15, 0.2) is 11.6 Å². The van der Waals surface area contributed by atoms with Gasteiger partial charge in [-0.15, -0.1) is 0 Å². The van der Waals surface area contributed by atoms with Crippen molar-refractivity contribution in [2.24, 2.45) is 28.6 Å². The fourth-order valence-electron chi connectivity index (χ4n) is 6.48. The maximum atomic E-state index is 12.1. The van der Waals surface area contributed by atoms with Crippen molar-refractivity contribution < 1.29 is 19.8 Å². The molecule has 0 heterocycles. The first kappa shape index (κ1) is 15.5. The predicted octanol–water partition coefficient (Wildman–Crippen LogP) is 2.03. The Kier molecular flexibility index (Phi) is 3.37. The van der Waals surface area contributed by atoms with Gasteiger partial charge in [0.2, 0.25) is 0 Å².